The lowest BCUT2D eigenvalue weighted by Gasteiger charge is -2.16. The van der Waals surface area contributed by atoms with Gasteiger partial charge >= 0.3 is 0 Å². The van der Waals surface area contributed by atoms with E-state index in [0.717, 1.165) is 17.4 Å². The standard InChI is InChI=1S/C19H26N2O5S2/c1-4-12-28(24,25)20-14-15(2)26-19-10-8-16(9-11-19)17-6-5-7-18(13-17)21-27(3,22)23/h5-11,13,15,20-21H,4,12,14H2,1-3H3/t15-/m0/s1. The maximum atomic E-state index is 11.7. The third-order valence-electron chi connectivity index (χ3n) is 3.75. The van der Waals surface area contributed by atoms with Crippen molar-refractivity contribution >= 4 is 25.7 Å². The van der Waals surface area contributed by atoms with Gasteiger partial charge in [0.25, 0.3) is 0 Å². The first kappa shape index (κ1) is 22.2. The highest BCUT2D eigenvalue weighted by molar-refractivity contribution is 7.92. The van der Waals surface area contributed by atoms with E-state index in [1.165, 1.54) is 0 Å². The Kier molecular flexibility index (Phi) is 7.45. The number of nitrogens with one attached hydrogen (secondary N) is 2. The molecule has 7 nitrogen and oxygen atoms in total. The van der Waals surface area contributed by atoms with Crippen molar-refractivity contribution in [3.8, 4) is 16.9 Å². The van der Waals surface area contributed by atoms with Gasteiger partial charge in [0.1, 0.15) is 11.9 Å². The molecule has 2 rings (SSSR count). The molecule has 0 aliphatic rings. The first-order valence-corrected chi connectivity index (χ1v) is 12.4. The summed E-state index contributed by atoms with van der Waals surface area (Å²) in [6.45, 7) is 3.81. The highest BCUT2D eigenvalue weighted by Gasteiger charge is 2.12. The van der Waals surface area contributed by atoms with Gasteiger partial charge in [-0.2, -0.15) is 0 Å². The van der Waals surface area contributed by atoms with Crippen molar-refractivity contribution in [2.75, 3.05) is 23.3 Å². The van der Waals surface area contributed by atoms with Gasteiger partial charge in [0.15, 0.2) is 0 Å². The fourth-order valence-corrected chi connectivity index (χ4v) is 4.29. The maximum Gasteiger partial charge on any atom is 0.229 e. The van der Waals surface area contributed by atoms with E-state index in [9.17, 15) is 16.8 Å². The molecule has 0 unspecified atom stereocenters. The minimum Gasteiger partial charge on any atom is -0.489 e. The molecule has 0 heterocycles. The Bertz CT molecular complexity index is 987. The average Bonchev–Trinajstić information content (AvgIpc) is 2.59. The van der Waals surface area contributed by atoms with Gasteiger partial charge in [-0.05, 0) is 48.7 Å². The third kappa shape index (κ3) is 7.49. The van der Waals surface area contributed by atoms with E-state index in [0.29, 0.717) is 17.9 Å². The number of hydrogen-bond acceptors (Lipinski definition) is 5. The van der Waals surface area contributed by atoms with Crippen LogP contribution in [-0.2, 0) is 20.0 Å². The number of anilines is 1. The van der Waals surface area contributed by atoms with Gasteiger partial charge in [0.2, 0.25) is 20.0 Å². The summed E-state index contributed by atoms with van der Waals surface area (Å²) in [5.74, 6) is 0.721. The Labute approximate surface area is 167 Å². The molecule has 154 valence electrons. The molecule has 0 radical (unpaired) electrons. The van der Waals surface area contributed by atoms with Gasteiger partial charge in [-0.15, -0.1) is 0 Å². The molecule has 0 saturated carbocycles. The second-order valence-electron chi connectivity index (χ2n) is 6.58. The average molecular weight is 427 g/mol. The molecule has 28 heavy (non-hydrogen) atoms. The van der Waals surface area contributed by atoms with E-state index >= 15 is 0 Å². The second-order valence-corrected chi connectivity index (χ2v) is 10.3. The van der Waals surface area contributed by atoms with Crippen LogP contribution < -0.4 is 14.2 Å². The minimum absolute atomic E-state index is 0.0989. The van der Waals surface area contributed by atoms with Gasteiger partial charge in [-0.1, -0.05) is 31.2 Å². The van der Waals surface area contributed by atoms with Crippen molar-refractivity contribution in [2.24, 2.45) is 0 Å². The van der Waals surface area contributed by atoms with Crippen LogP contribution in [0.2, 0.25) is 0 Å². The molecule has 2 aromatic carbocycles. The number of rotatable bonds is 10. The van der Waals surface area contributed by atoms with Crippen molar-refractivity contribution < 1.29 is 21.6 Å². The summed E-state index contributed by atoms with van der Waals surface area (Å²) >= 11 is 0. The summed E-state index contributed by atoms with van der Waals surface area (Å²) < 4.78 is 56.9. The van der Waals surface area contributed by atoms with E-state index in [4.69, 9.17) is 4.74 Å². The monoisotopic (exact) mass is 426 g/mol. The fourth-order valence-electron chi connectivity index (χ4n) is 2.56. The molecule has 0 aliphatic carbocycles. The van der Waals surface area contributed by atoms with Gasteiger partial charge in [-0.3, -0.25) is 4.72 Å². The molecular formula is C19H26N2O5S2. The quantitative estimate of drug-likeness (QED) is 0.608. The zero-order chi connectivity index (χ0) is 20.8. The van der Waals surface area contributed by atoms with Crippen molar-refractivity contribution in [3.05, 3.63) is 48.5 Å². The van der Waals surface area contributed by atoms with Gasteiger partial charge in [0, 0.05) is 12.2 Å². The Balaban J connectivity index is 2.01. The third-order valence-corrected chi connectivity index (χ3v) is 5.91. The number of sulfonamides is 2. The molecule has 2 aromatic rings. The Morgan fingerprint density at radius 1 is 1.00 bits per heavy atom. The highest BCUT2D eigenvalue weighted by Crippen LogP contribution is 2.25. The van der Waals surface area contributed by atoms with Crippen LogP contribution in [0.5, 0.6) is 5.75 Å². The summed E-state index contributed by atoms with van der Waals surface area (Å²) in [6.07, 6.45) is 1.35. The van der Waals surface area contributed by atoms with E-state index in [2.05, 4.69) is 9.44 Å². The zero-order valence-corrected chi connectivity index (χ0v) is 17.8. The molecule has 0 aromatic heterocycles. The maximum absolute atomic E-state index is 11.7. The van der Waals surface area contributed by atoms with Crippen molar-refractivity contribution in [3.63, 3.8) is 0 Å². The summed E-state index contributed by atoms with van der Waals surface area (Å²) in [4.78, 5) is 0. The Hall–Kier alpha value is -2.10. The summed E-state index contributed by atoms with van der Waals surface area (Å²) in [7, 11) is -6.59. The van der Waals surface area contributed by atoms with E-state index in [1.807, 2.05) is 25.1 Å². The molecule has 1 atom stereocenters. The second kappa shape index (κ2) is 9.40. The van der Waals surface area contributed by atoms with Crippen molar-refractivity contribution in [2.45, 2.75) is 26.4 Å². The van der Waals surface area contributed by atoms with E-state index in [-0.39, 0.29) is 18.4 Å². The van der Waals surface area contributed by atoms with Crippen LogP contribution in [0.1, 0.15) is 20.3 Å². The molecule has 0 bridgehead atoms. The lowest BCUT2D eigenvalue weighted by atomic mass is 10.1. The lowest BCUT2D eigenvalue weighted by molar-refractivity contribution is 0.225. The predicted molar refractivity (Wildman–Crippen MR) is 113 cm³/mol. The van der Waals surface area contributed by atoms with Crippen LogP contribution >= 0.6 is 0 Å². The molecular weight excluding hydrogens is 400 g/mol. The molecule has 2 N–H and O–H groups in total. The predicted octanol–water partition coefficient (Wildman–Crippen LogP) is 2.82. The molecule has 0 spiro atoms. The van der Waals surface area contributed by atoms with Crippen molar-refractivity contribution in [1.29, 1.82) is 0 Å². The SMILES string of the molecule is CCCS(=O)(=O)NC[C@H](C)Oc1ccc(-c2cccc(NS(C)(=O)=O)c2)cc1. The lowest BCUT2D eigenvalue weighted by Crippen LogP contribution is -2.34. The zero-order valence-electron chi connectivity index (χ0n) is 16.2. The van der Waals surface area contributed by atoms with Crippen LogP contribution in [0.25, 0.3) is 11.1 Å². The van der Waals surface area contributed by atoms with E-state index < -0.39 is 20.0 Å². The highest BCUT2D eigenvalue weighted by atomic mass is 32.2. The fraction of sp³-hybridized carbons (Fsp3) is 0.368. The van der Waals surface area contributed by atoms with Gasteiger partial charge in [0.05, 0.1) is 12.0 Å². The molecule has 0 fully saturated rings. The smallest absolute Gasteiger partial charge is 0.229 e. The molecule has 0 saturated heterocycles. The number of ether oxygens (including phenoxy) is 1. The Morgan fingerprint density at radius 3 is 2.29 bits per heavy atom. The van der Waals surface area contributed by atoms with Crippen LogP contribution in [0.4, 0.5) is 5.69 Å². The normalized spacial score (nSPS) is 13.1. The molecule has 0 aliphatic heterocycles. The van der Waals surface area contributed by atoms with Crippen LogP contribution in [0.15, 0.2) is 48.5 Å². The van der Waals surface area contributed by atoms with Crippen LogP contribution in [0, 0.1) is 0 Å². The summed E-state index contributed by atoms with van der Waals surface area (Å²) in [5, 5.41) is 0. The number of hydrogen-bond donors (Lipinski definition) is 2. The topological polar surface area (TPSA) is 102 Å². The van der Waals surface area contributed by atoms with Crippen molar-refractivity contribution in [1.82, 2.24) is 4.72 Å². The summed E-state index contributed by atoms with van der Waals surface area (Å²) in [6, 6.07) is 14.4. The Morgan fingerprint density at radius 2 is 1.68 bits per heavy atom. The number of benzene rings is 2. The van der Waals surface area contributed by atoms with Crippen LogP contribution in [-0.4, -0.2) is 41.5 Å². The van der Waals surface area contributed by atoms with Gasteiger partial charge in [-0.25, -0.2) is 21.6 Å². The van der Waals surface area contributed by atoms with Crippen LogP contribution in [0.3, 0.4) is 0 Å². The minimum atomic E-state index is -3.33. The first-order chi connectivity index (χ1) is 13.1. The summed E-state index contributed by atoms with van der Waals surface area (Å²) in [5.41, 5.74) is 2.26. The van der Waals surface area contributed by atoms with Gasteiger partial charge < -0.3 is 4.74 Å². The molecule has 0 amide bonds. The first-order valence-electron chi connectivity index (χ1n) is 8.90. The largest absolute Gasteiger partial charge is 0.489 e. The van der Waals surface area contributed by atoms with E-state index in [1.54, 1.807) is 37.3 Å². The molecule has 9 heteroatoms.